The summed E-state index contributed by atoms with van der Waals surface area (Å²) in [5, 5.41) is 0. The minimum atomic E-state index is -0.234. The van der Waals surface area contributed by atoms with E-state index < -0.39 is 0 Å². The van der Waals surface area contributed by atoms with Crippen LogP contribution < -0.4 is 8.85 Å². The summed E-state index contributed by atoms with van der Waals surface area (Å²) in [7, 11) is 0. The van der Waals surface area contributed by atoms with Gasteiger partial charge in [-0.3, -0.25) is 0 Å². The molecule has 64 valence electrons. The van der Waals surface area contributed by atoms with Crippen molar-refractivity contribution in [2.24, 2.45) is 0 Å². The van der Waals surface area contributed by atoms with Crippen molar-refractivity contribution in [2.45, 2.75) is 0 Å². The first kappa shape index (κ1) is 8.57. The topological polar surface area (TPSA) is 0 Å². The van der Waals surface area contributed by atoms with Crippen molar-refractivity contribution in [1.82, 2.24) is 0 Å². The van der Waals surface area contributed by atoms with Crippen LogP contribution in [0.4, 0.5) is 0 Å². The first-order valence-corrected chi connectivity index (χ1v) is 5.94. The minimum Gasteiger partial charge on any atom is -0.109 e. The maximum absolute atomic E-state index is 2.22. The standard InChI is InChI=1S/2C6H5.Al.H2.H/c2*1-2-4-6-5-3-1;;;/h2*1-5H;;1H;. The molecular formula is C12H13Al. The third kappa shape index (κ3) is 2.45. The second kappa shape index (κ2) is 4.28. The van der Waals surface area contributed by atoms with Crippen LogP contribution in [0.25, 0.3) is 0 Å². The van der Waals surface area contributed by atoms with Crippen LogP contribution in [0.1, 0.15) is 1.43 Å². The van der Waals surface area contributed by atoms with Crippen molar-refractivity contribution in [2.75, 3.05) is 0 Å². The third-order valence-electron chi connectivity index (χ3n) is 2.09. The fourth-order valence-corrected chi connectivity index (χ4v) is 2.91. The van der Waals surface area contributed by atoms with Crippen molar-refractivity contribution in [3.63, 3.8) is 0 Å². The summed E-state index contributed by atoms with van der Waals surface area (Å²) in [5.74, 6) is 0. The van der Waals surface area contributed by atoms with Gasteiger partial charge < -0.3 is 0 Å². The van der Waals surface area contributed by atoms with Gasteiger partial charge in [-0.15, -0.1) is 8.85 Å². The summed E-state index contributed by atoms with van der Waals surface area (Å²) in [6, 6.07) is 21.5. The summed E-state index contributed by atoms with van der Waals surface area (Å²) in [5.41, 5.74) is 0. The van der Waals surface area contributed by atoms with E-state index in [1.807, 2.05) is 0 Å². The Bertz CT molecular complexity index is 321. The van der Waals surface area contributed by atoms with Gasteiger partial charge in [0.1, 0.15) is 0 Å². The van der Waals surface area contributed by atoms with Gasteiger partial charge in [-0.25, -0.2) is 0 Å². The monoisotopic (exact) mass is 184 g/mol. The quantitative estimate of drug-likeness (QED) is 0.617. The molecule has 0 atom stereocenters. The molecule has 0 amide bonds. The molecule has 0 unspecified atom stereocenters. The van der Waals surface area contributed by atoms with Crippen LogP contribution in [0.5, 0.6) is 0 Å². The number of hydrogen-bond donors (Lipinski definition) is 0. The average Bonchev–Trinajstić information content (AvgIpc) is 2.21. The van der Waals surface area contributed by atoms with E-state index in [0.29, 0.717) is 0 Å². The minimum absolute atomic E-state index is 0. The molecule has 0 saturated heterocycles. The lowest BCUT2D eigenvalue weighted by atomic mass is 10.4. The lowest BCUT2D eigenvalue weighted by Crippen LogP contribution is -2.26. The van der Waals surface area contributed by atoms with Gasteiger partial charge in [0.2, 0.25) is 0 Å². The van der Waals surface area contributed by atoms with Gasteiger partial charge >= 0.3 is 15.2 Å². The van der Waals surface area contributed by atoms with E-state index in [4.69, 9.17) is 0 Å². The second-order valence-corrected chi connectivity index (χ2v) is 5.13. The summed E-state index contributed by atoms with van der Waals surface area (Å²) >= 11 is -0.234. The van der Waals surface area contributed by atoms with E-state index in [1.54, 1.807) is 0 Å². The van der Waals surface area contributed by atoms with E-state index in [-0.39, 0.29) is 16.6 Å². The molecule has 0 saturated carbocycles. The molecule has 0 aliphatic carbocycles. The molecule has 2 rings (SSSR count). The van der Waals surface area contributed by atoms with E-state index in [9.17, 15) is 0 Å². The fourth-order valence-electron chi connectivity index (χ4n) is 1.43. The van der Waals surface area contributed by atoms with Gasteiger partial charge in [0.15, 0.2) is 0 Å². The zero-order valence-corrected chi connectivity index (χ0v) is 8.89. The molecule has 0 heterocycles. The highest BCUT2D eigenvalue weighted by Gasteiger charge is 1.97. The van der Waals surface area contributed by atoms with Crippen LogP contribution in [0.3, 0.4) is 0 Å². The molecule has 0 spiro atoms. The van der Waals surface area contributed by atoms with Crippen LogP contribution in [0.2, 0.25) is 0 Å². The predicted octanol–water partition coefficient (Wildman–Crippen LogP) is 1.32. The normalized spacial score (nSPS) is 9.54. The Labute approximate surface area is 86.4 Å². The molecule has 0 aromatic heterocycles. The van der Waals surface area contributed by atoms with Gasteiger partial charge in [0.05, 0.1) is 0 Å². The highest BCUT2D eigenvalue weighted by molar-refractivity contribution is 6.67. The van der Waals surface area contributed by atoms with Crippen molar-refractivity contribution in [3.05, 3.63) is 60.7 Å². The van der Waals surface area contributed by atoms with Gasteiger partial charge in [0.25, 0.3) is 0 Å². The Morgan fingerprint density at radius 3 is 1.38 bits per heavy atom. The summed E-state index contributed by atoms with van der Waals surface area (Å²) in [6.07, 6.45) is 0. The van der Waals surface area contributed by atoms with Crippen LogP contribution >= 0.6 is 0 Å². The molecule has 0 N–H and O–H groups in total. The maximum atomic E-state index is 2.22. The SMILES string of the molecule is [HH].c1cc[c]([AlH][c]2ccccc2)cc1. The van der Waals surface area contributed by atoms with Crippen LogP contribution in [0.15, 0.2) is 60.7 Å². The first-order chi connectivity index (χ1) is 6.45. The molecular weight excluding hydrogens is 171 g/mol. The predicted molar refractivity (Wildman–Crippen MR) is 61.4 cm³/mol. The molecule has 0 aliphatic rings. The lowest BCUT2D eigenvalue weighted by Gasteiger charge is -1.97. The van der Waals surface area contributed by atoms with Gasteiger partial charge in [0, 0.05) is 1.43 Å². The number of rotatable bonds is 2. The Balaban J connectivity index is 0.000000980. The molecule has 0 bridgehead atoms. The van der Waals surface area contributed by atoms with E-state index in [0.717, 1.165) is 0 Å². The van der Waals surface area contributed by atoms with Gasteiger partial charge in [-0.2, -0.15) is 0 Å². The molecule has 2 aromatic rings. The smallest absolute Gasteiger partial charge is 0.109 e. The number of benzene rings is 2. The highest BCUT2D eigenvalue weighted by atomic mass is 27.1. The molecule has 0 aliphatic heterocycles. The fraction of sp³-hybridized carbons (Fsp3) is 0. The Hall–Kier alpha value is -1.03. The Kier molecular flexibility index (Phi) is 2.82. The Morgan fingerprint density at radius 2 is 1.00 bits per heavy atom. The lowest BCUT2D eigenvalue weighted by molar-refractivity contribution is 1.75. The van der Waals surface area contributed by atoms with E-state index >= 15 is 0 Å². The molecule has 0 fully saturated rings. The molecule has 2 aromatic carbocycles. The van der Waals surface area contributed by atoms with E-state index in [2.05, 4.69) is 60.7 Å². The van der Waals surface area contributed by atoms with Crippen molar-refractivity contribution in [1.29, 1.82) is 0 Å². The van der Waals surface area contributed by atoms with Gasteiger partial charge in [-0.1, -0.05) is 60.7 Å². The maximum Gasteiger partial charge on any atom is 0.323 e. The Morgan fingerprint density at radius 1 is 0.615 bits per heavy atom. The first-order valence-electron chi connectivity index (χ1n) is 4.53. The molecule has 0 radical (unpaired) electrons. The van der Waals surface area contributed by atoms with Crippen molar-refractivity contribution in [3.8, 4) is 0 Å². The average molecular weight is 184 g/mol. The second-order valence-electron chi connectivity index (χ2n) is 3.15. The van der Waals surface area contributed by atoms with Crippen LogP contribution in [-0.2, 0) is 0 Å². The largest absolute Gasteiger partial charge is 0.323 e. The summed E-state index contributed by atoms with van der Waals surface area (Å²) in [6.45, 7) is 0. The molecule has 13 heavy (non-hydrogen) atoms. The molecule has 0 nitrogen and oxygen atoms in total. The van der Waals surface area contributed by atoms with Crippen LogP contribution in [0, 0.1) is 0 Å². The van der Waals surface area contributed by atoms with Gasteiger partial charge in [-0.05, 0) is 0 Å². The zero-order chi connectivity index (χ0) is 8.93. The third-order valence-corrected chi connectivity index (χ3v) is 3.85. The summed E-state index contributed by atoms with van der Waals surface area (Å²) in [4.78, 5) is 0. The van der Waals surface area contributed by atoms with Crippen molar-refractivity contribution < 1.29 is 1.43 Å². The van der Waals surface area contributed by atoms with Crippen LogP contribution in [-0.4, -0.2) is 15.2 Å². The highest BCUT2D eigenvalue weighted by Crippen LogP contribution is 1.84. The molecule has 1 heteroatoms. The zero-order valence-electron chi connectivity index (χ0n) is 7.48. The number of hydrogen-bond acceptors (Lipinski definition) is 0. The van der Waals surface area contributed by atoms with Crippen molar-refractivity contribution >= 4 is 24.1 Å². The summed E-state index contributed by atoms with van der Waals surface area (Å²) < 4.78 is 3.02. The van der Waals surface area contributed by atoms with E-state index in [1.165, 1.54) is 8.85 Å².